The van der Waals surface area contributed by atoms with Gasteiger partial charge in [-0.15, -0.1) is 0 Å². The van der Waals surface area contributed by atoms with E-state index in [1.807, 2.05) is 0 Å². The van der Waals surface area contributed by atoms with E-state index in [0.717, 1.165) is 5.92 Å². The van der Waals surface area contributed by atoms with E-state index in [1.165, 1.54) is 51.9 Å². The van der Waals surface area contributed by atoms with Crippen molar-refractivity contribution in [3.63, 3.8) is 0 Å². The Kier molecular flexibility index (Phi) is 5.77. The summed E-state index contributed by atoms with van der Waals surface area (Å²) in [5, 5.41) is 3.43. The summed E-state index contributed by atoms with van der Waals surface area (Å²) in [6.07, 6.45) is 5.58. The van der Waals surface area contributed by atoms with E-state index in [0.29, 0.717) is 5.41 Å². The van der Waals surface area contributed by atoms with Gasteiger partial charge in [-0.1, -0.05) is 20.8 Å². The van der Waals surface area contributed by atoms with Crippen LogP contribution in [-0.2, 0) is 0 Å². The van der Waals surface area contributed by atoms with Crippen LogP contribution in [0.15, 0.2) is 0 Å². The molecule has 0 bridgehead atoms. The third-order valence-corrected chi connectivity index (χ3v) is 3.36. The number of hydrogen-bond donors (Lipinski definition) is 1. The lowest BCUT2D eigenvalue weighted by molar-refractivity contribution is 0.216. The Morgan fingerprint density at radius 1 is 1.19 bits per heavy atom. The van der Waals surface area contributed by atoms with Crippen LogP contribution in [-0.4, -0.2) is 38.1 Å². The molecule has 96 valence electrons. The summed E-state index contributed by atoms with van der Waals surface area (Å²) in [5.74, 6) is 0.990. The predicted octanol–water partition coefficient (Wildman–Crippen LogP) is 2.74. The smallest absolute Gasteiger partial charge is 0.00270 e. The van der Waals surface area contributed by atoms with Crippen molar-refractivity contribution in [1.82, 2.24) is 10.2 Å². The van der Waals surface area contributed by atoms with E-state index in [-0.39, 0.29) is 0 Å². The van der Waals surface area contributed by atoms with Crippen molar-refractivity contribution in [2.24, 2.45) is 11.3 Å². The van der Waals surface area contributed by atoms with Gasteiger partial charge in [0.2, 0.25) is 0 Å². The molecule has 0 atom stereocenters. The second-order valence-corrected chi connectivity index (χ2v) is 6.63. The Balaban J connectivity index is 2.05. The van der Waals surface area contributed by atoms with Crippen LogP contribution < -0.4 is 5.32 Å². The first-order valence-electron chi connectivity index (χ1n) is 6.87. The molecule has 1 fully saturated rings. The van der Waals surface area contributed by atoms with Crippen molar-refractivity contribution >= 4 is 0 Å². The van der Waals surface area contributed by atoms with Gasteiger partial charge in [-0.25, -0.2) is 0 Å². The molecule has 2 heteroatoms. The molecule has 1 rings (SSSR count). The van der Waals surface area contributed by atoms with Gasteiger partial charge in [0.15, 0.2) is 0 Å². The number of rotatable bonds is 5. The van der Waals surface area contributed by atoms with Gasteiger partial charge in [-0.3, -0.25) is 0 Å². The lowest BCUT2D eigenvalue weighted by Gasteiger charge is -2.27. The SMILES string of the molecule is CN(CCCC1CCNCC1)CC(C)(C)C. The fraction of sp³-hybridized carbons (Fsp3) is 1.00. The molecular formula is C14H30N2. The molecule has 1 aliphatic heterocycles. The lowest BCUT2D eigenvalue weighted by Crippen LogP contribution is -2.31. The van der Waals surface area contributed by atoms with Crippen molar-refractivity contribution < 1.29 is 0 Å². The van der Waals surface area contributed by atoms with Gasteiger partial charge in [0.05, 0.1) is 0 Å². The first-order valence-corrected chi connectivity index (χ1v) is 6.87. The molecule has 2 nitrogen and oxygen atoms in total. The molecule has 0 spiro atoms. The molecule has 1 heterocycles. The van der Waals surface area contributed by atoms with Gasteiger partial charge in [0.25, 0.3) is 0 Å². The standard InChI is InChI=1S/C14H30N2/c1-14(2,3)12-16(4)11-5-6-13-7-9-15-10-8-13/h13,15H,5-12H2,1-4H3. The van der Waals surface area contributed by atoms with Crippen molar-refractivity contribution in [2.45, 2.75) is 46.5 Å². The second kappa shape index (κ2) is 6.61. The quantitative estimate of drug-likeness (QED) is 0.775. The average molecular weight is 226 g/mol. The fourth-order valence-corrected chi connectivity index (χ4v) is 2.71. The Hall–Kier alpha value is -0.0800. The van der Waals surface area contributed by atoms with Gasteiger partial charge in [0.1, 0.15) is 0 Å². The molecule has 1 aliphatic rings. The van der Waals surface area contributed by atoms with Gasteiger partial charge in [-0.05, 0) is 63.7 Å². The maximum atomic E-state index is 3.43. The zero-order valence-electron chi connectivity index (χ0n) is 11.7. The Morgan fingerprint density at radius 3 is 2.38 bits per heavy atom. The van der Waals surface area contributed by atoms with Crippen molar-refractivity contribution in [3.8, 4) is 0 Å². The molecule has 0 aliphatic carbocycles. The highest BCUT2D eigenvalue weighted by molar-refractivity contribution is 4.70. The van der Waals surface area contributed by atoms with E-state index in [2.05, 4.69) is 38.0 Å². The highest BCUT2D eigenvalue weighted by Gasteiger charge is 2.15. The van der Waals surface area contributed by atoms with Crippen LogP contribution in [0.3, 0.4) is 0 Å². The largest absolute Gasteiger partial charge is 0.317 e. The summed E-state index contributed by atoms with van der Waals surface area (Å²) in [6, 6.07) is 0. The predicted molar refractivity (Wildman–Crippen MR) is 71.8 cm³/mol. The highest BCUT2D eigenvalue weighted by atomic mass is 15.1. The third kappa shape index (κ3) is 6.49. The number of nitrogens with one attached hydrogen (secondary N) is 1. The van der Waals surface area contributed by atoms with E-state index in [1.54, 1.807) is 0 Å². The molecule has 0 radical (unpaired) electrons. The monoisotopic (exact) mass is 226 g/mol. The molecule has 0 unspecified atom stereocenters. The molecule has 16 heavy (non-hydrogen) atoms. The third-order valence-electron chi connectivity index (χ3n) is 3.36. The Labute approximate surface area is 102 Å². The molecular weight excluding hydrogens is 196 g/mol. The van der Waals surface area contributed by atoms with Gasteiger partial charge >= 0.3 is 0 Å². The first-order chi connectivity index (χ1) is 7.47. The molecule has 1 saturated heterocycles. The highest BCUT2D eigenvalue weighted by Crippen LogP contribution is 2.19. The van der Waals surface area contributed by atoms with E-state index in [9.17, 15) is 0 Å². The van der Waals surface area contributed by atoms with Crippen LogP contribution in [0.2, 0.25) is 0 Å². The van der Waals surface area contributed by atoms with E-state index in [4.69, 9.17) is 0 Å². The molecule has 0 aromatic heterocycles. The minimum Gasteiger partial charge on any atom is -0.317 e. The Morgan fingerprint density at radius 2 is 1.81 bits per heavy atom. The second-order valence-electron chi connectivity index (χ2n) is 6.63. The summed E-state index contributed by atoms with van der Waals surface area (Å²) in [6.45, 7) is 11.9. The lowest BCUT2D eigenvalue weighted by atomic mass is 9.92. The minimum absolute atomic E-state index is 0.434. The molecule has 0 saturated carbocycles. The summed E-state index contributed by atoms with van der Waals surface area (Å²) in [4.78, 5) is 2.49. The number of hydrogen-bond acceptors (Lipinski definition) is 2. The summed E-state index contributed by atoms with van der Waals surface area (Å²) >= 11 is 0. The summed E-state index contributed by atoms with van der Waals surface area (Å²) in [5.41, 5.74) is 0.434. The van der Waals surface area contributed by atoms with Gasteiger partial charge in [-0.2, -0.15) is 0 Å². The summed E-state index contributed by atoms with van der Waals surface area (Å²) < 4.78 is 0. The van der Waals surface area contributed by atoms with Crippen LogP contribution >= 0.6 is 0 Å². The zero-order chi connectivity index (χ0) is 12.0. The maximum Gasteiger partial charge on any atom is 0.00270 e. The van der Waals surface area contributed by atoms with Crippen LogP contribution in [0.4, 0.5) is 0 Å². The average Bonchev–Trinajstić information content (AvgIpc) is 2.16. The normalized spacial score (nSPS) is 19.3. The molecule has 1 N–H and O–H groups in total. The van der Waals surface area contributed by atoms with Crippen LogP contribution in [0.25, 0.3) is 0 Å². The maximum absolute atomic E-state index is 3.43. The first kappa shape index (κ1) is 14.0. The van der Waals surface area contributed by atoms with Crippen LogP contribution in [0.5, 0.6) is 0 Å². The van der Waals surface area contributed by atoms with Crippen molar-refractivity contribution in [1.29, 1.82) is 0 Å². The molecule has 0 amide bonds. The van der Waals surface area contributed by atoms with Crippen LogP contribution in [0.1, 0.15) is 46.5 Å². The molecule has 0 aromatic carbocycles. The molecule has 0 aromatic rings. The number of nitrogens with zero attached hydrogens (tertiary/aromatic N) is 1. The van der Waals surface area contributed by atoms with Crippen molar-refractivity contribution in [3.05, 3.63) is 0 Å². The van der Waals surface area contributed by atoms with Crippen molar-refractivity contribution in [2.75, 3.05) is 33.2 Å². The Bertz CT molecular complexity index is 178. The van der Waals surface area contributed by atoms with E-state index < -0.39 is 0 Å². The zero-order valence-corrected chi connectivity index (χ0v) is 11.7. The number of piperidine rings is 1. The summed E-state index contributed by atoms with van der Waals surface area (Å²) in [7, 11) is 2.26. The van der Waals surface area contributed by atoms with E-state index >= 15 is 0 Å². The van der Waals surface area contributed by atoms with Gasteiger partial charge in [0, 0.05) is 6.54 Å². The topological polar surface area (TPSA) is 15.3 Å². The minimum atomic E-state index is 0.434. The van der Waals surface area contributed by atoms with Gasteiger partial charge < -0.3 is 10.2 Å². The fourth-order valence-electron chi connectivity index (χ4n) is 2.71. The van der Waals surface area contributed by atoms with Crippen LogP contribution in [0, 0.1) is 11.3 Å².